The number of hydrogen-bond donors (Lipinski definition) is 1. The van der Waals surface area contributed by atoms with Crippen LogP contribution in [0.1, 0.15) is 19.8 Å². The van der Waals surface area contributed by atoms with Crippen molar-refractivity contribution in [1.29, 1.82) is 0 Å². The second-order valence-corrected chi connectivity index (χ2v) is 3.21. The van der Waals surface area contributed by atoms with Gasteiger partial charge < -0.3 is 10.1 Å². The van der Waals surface area contributed by atoms with Gasteiger partial charge in [-0.15, -0.1) is 0 Å². The van der Waals surface area contributed by atoms with E-state index in [9.17, 15) is 13.2 Å². The average Bonchev–Trinajstić information content (AvgIpc) is 2.04. The van der Waals surface area contributed by atoms with Crippen molar-refractivity contribution in [3.05, 3.63) is 0 Å². The van der Waals surface area contributed by atoms with Crippen molar-refractivity contribution >= 4 is 0 Å². The molecule has 1 aliphatic rings. The van der Waals surface area contributed by atoms with E-state index in [1.54, 1.807) is 6.92 Å². The van der Waals surface area contributed by atoms with Gasteiger partial charge in [0.1, 0.15) is 0 Å². The molecule has 0 radical (unpaired) electrons. The van der Waals surface area contributed by atoms with Crippen LogP contribution in [0.3, 0.4) is 0 Å². The van der Waals surface area contributed by atoms with E-state index in [0.717, 1.165) is 0 Å². The van der Waals surface area contributed by atoms with Gasteiger partial charge in [0.15, 0.2) is 5.60 Å². The quantitative estimate of drug-likeness (QED) is 0.727. The predicted molar refractivity (Wildman–Crippen MR) is 42.5 cm³/mol. The molecule has 1 fully saturated rings. The van der Waals surface area contributed by atoms with E-state index in [2.05, 4.69) is 5.32 Å². The van der Waals surface area contributed by atoms with Crippen LogP contribution in [0, 0.1) is 0 Å². The first kappa shape index (κ1) is 10.8. The van der Waals surface area contributed by atoms with Crippen LogP contribution in [0.5, 0.6) is 0 Å². The Morgan fingerprint density at radius 2 is 2.15 bits per heavy atom. The molecule has 1 saturated heterocycles. The molecule has 1 rings (SSSR count). The van der Waals surface area contributed by atoms with Crippen LogP contribution >= 0.6 is 0 Å². The largest absolute Gasteiger partial charge is 0.418 e. The number of halogens is 3. The van der Waals surface area contributed by atoms with Gasteiger partial charge in [-0.25, -0.2) is 0 Å². The van der Waals surface area contributed by atoms with E-state index in [0.29, 0.717) is 13.0 Å². The first-order chi connectivity index (χ1) is 6.02. The minimum Gasteiger partial charge on any atom is -0.364 e. The van der Waals surface area contributed by atoms with Gasteiger partial charge in [-0.05, 0) is 26.3 Å². The van der Waals surface area contributed by atoms with Gasteiger partial charge in [0, 0.05) is 13.2 Å². The van der Waals surface area contributed by atoms with Crippen molar-refractivity contribution < 1.29 is 17.9 Å². The molecule has 0 aromatic carbocycles. The summed E-state index contributed by atoms with van der Waals surface area (Å²) < 4.78 is 42.7. The third-order valence-electron chi connectivity index (χ3n) is 2.28. The maximum atomic E-state index is 12.6. The molecule has 13 heavy (non-hydrogen) atoms. The molecule has 1 heterocycles. The molecule has 1 aliphatic heterocycles. The number of piperidine rings is 1. The molecule has 0 aromatic rings. The Hall–Kier alpha value is -0.290. The van der Waals surface area contributed by atoms with Crippen molar-refractivity contribution in [2.75, 3.05) is 19.7 Å². The molecular weight excluding hydrogens is 183 g/mol. The number of rotatable bonds is 2. The van der Waals surface area contributed by atoms with E-state index >= 15 is 0 Å². The molecule has 0 saturated carbocycles. The molecule has 0 aromatic heterocycles. The normalized spacial score (nSPS) is 30.5. The first-order valence-corrected chi connectivity index (χ1v) is 4.43. The van der Waals surface area contributed by atoms with E-state index in [1.807, 2.05) is 0 Å². The van der Waals surface area contributed by atoms with Crippen molar-refractivity contribution in [2.45, 2.75) is 31.5 Å². The van der Waals surface area contributed by atoms with Gasteiger partial charge in [-0.1, -0.05) is 0 Å². The molecule has 0 aliphatic carbocycles. The molecular formula is C8H14F3NO. The summed E-state index contributed by atoms with van der Waals surface area (Å²) in [6.45, 7) is 2.21. The second-order valence-electron chi connectivity index (χ2n) is 3.21. The monoisotopic (exact) mass is 197 g/mol. The number of ether oxygens (including phenoxy) is 1. The molecule has 0 bridgehead atoms. The Bertz CT molecular complexity index is 158. The van der Waals surface area contributed by atoms with Crippen molar-refractivity contribution in [3.8, 4) is 0 Å². The van der Waals surface area contributed by atoms with Gasteiger partial charge in [0.25, 0.3) is 0 Å². The fourth-order valence-corrected chi connectivity index (χ4v) is 1.60. The topological polar surface area (TPSA) is 21.3 Å². The smallest absolute Gasteiger partial charge is 0.364 e. The molecule has 5 heteroatoms. The standard InChI is InChI=1S/C8H14F3NO/c1-2-13-7(8(9,10)11)4-3-5-12-6-7/h12H,2-6H2,1H3/t7-/m0/s1. The Balaban J connectivity index is 2.73. The van der Waals surface area contributed by atoms with Gasteiger partial charge >= 0.3 is 6.18 Å². The summed E-state index contributed by atoms with van der Waals surface area (Å²) in [6, 6.07) is 0. The lowest BCUT2D eigenvalue weighted by molar-refractivity contribution is -0.281. The van der Waals surface area contributed by atoms with E-state index in [1.165, 1.54) is 0 Å². The fraction of sp³-hybridized carbons (Fsp3) is 1.00. The highest BCUT2D eigenvalue weighted by atomic mass is 19.4. The van der Waals surface area contributed by atoms with Crippen LogP contribution in [0.4, 0.5) is 13.2 Å². The highest BCUT2D eigenvalue weighted by Gasteiger charge is 2.55. The molecule has 2 nitrogen and oxygen atoms in total. The summed E-state index contributed by atoms with van der Waals surface area (Å²) in [6.07, 6.45) is -3.69. The zero-order valence-corrected chi connectivity index (χ0v) is 7.58. The lowest BCUT2D eigenvalue weighted by atomic mass is 9.93. The summed E-state index contributed by atoms with van der Waals surface area (Å²) in [5.41, 5.74) is -1.94. The number of hydrogen-bond acceptors (Lipinski definition) is 2. The average molecular weight is 197 g/mol. The van der Waals surface area contributed by atoms with Crippen molar-refractivity contribution in [2.24, 2.45) is 0 Å². The third kappa shape index (κ3) is 2.14. The highest BCUT2D eigenvalue weighted by Crippen LogP contribution is 2.38. The zero-order valence-electron chi connectivity index (χ0n) is 7.58. The van der Waals surface area contributed by atoms with E-state index in [4.69, 9.17) is 4.74 Å². The van der Waals surface area contributed by atoms with Crippen LogP contribution in [0.2, 0.25) is 0 Å². The Labute approximate surface area is 75.4 Å². The molecule has 78 valence electrons. The zero-order chi connectivity index (χ0) is 9.95. The Morgan fingerprint density at radius 1 is 1.46 bits per heavy atom. The summed E-state index contributed by atoms with van der Waals surface area (Å²) in [5.74, 6) is 0. The van der Waals surface area contributed by atoms with Gasteiger partial charge in [-0.3, -0.25) is 0 Å². The first-order valence-electron chi connectivity index (χ1n) is 4.43. The Morgan fingerprint density at radius 3 is 2.54 bits per heavy atom. The Kier molecular flexibility index (Phi) is 3.18. The van der Waals surface area contributed by atoms with Crippen LogP contribution in [0.15, 0.2) is 0 Å². The second kappa shape index (κ2) is 3.84. The van der Waals surface area contributed by atoms with Crippen molar-refractivity contribution in [3.63, 3.8) is 0 Å². The van der Waals surface area contributed by atoms with Crippen LogP contribution < -0.4 is 5.32 Å². The van der Waals surface area contributed by atoms with Gasteiger partial charge in [0.05, 0.1) is 0 Å². The lowest BCUT2D eigenvalue weighted by Crippen LogP contribution is -2.57. The maximum absolute atomic E-state index is 12.6. The highest BCUT2D eigenvalue weighted by molar-refractivity contribution is 4.93. The lowest BCUT2D eigenvalue weighted by Gasteiger charge is -2.38. The van der Waals surface area contributed by atoms with Gasteiger partial charge in [-0.2, -0.15) is 13.2 Å². The molecule has 0 spiro atoms. The van der Waals surface area contributed by atoms with Crippen LogP contribution in [-0.4, -0.2) is 31.5 Å². The molecule has 1 N–H and O–H groups in total. The van der Waals surface area contributed by atoms with E-state index < -0.39 is 11.8 Å². The SMILES string of the molecule is CCO[C@@]1(C(F)(F)F)CCCNC1. The molecule has 0 amide bonds. The summed E-state index contributed by atoms with van der Waals surface area (Å²) in [5, 5.41) is 2.72. The minimum atomic E-state index is -4.27. The summed E-state index contributed by atoms with van der Waals surface area (Å²) in [7, 11) is 0. The third-order valence-corrected chi connectivity index (χ3v) is 2.28. The molecule has 1 atom stereocenters. The number of alkyl halides is 3. The minimum absolute atomic E-state index is 0.0668. The maximum Gasteiger partial charge on any atom is 0.418 e. The summed E-state index contributed by atoms with van der Waals surface area (Å²) >= 11 is 0. The van der Waals surface area contributed by atoms with Crippen LogP contribution in [0.25, 0.3) is 0 Å². The van der Waals surface area contributed by atoms with Gasteiger partial charge in [0.2, 0.25) is 0 Å². The van der Waals surface area contributed by atoms with Crippen molar-refractivity contribution in [1.82, 2.24) is 5.32 Å². The number of nitrogens with one attached hydrogen (secondary N) is 1. The molecule has 0 unspecified atom stereocenters. The predicted octanol–water partition coefficient (Wildman–Crippen LogP) is 1.71. The summed E-state index contributed by atoms with van der Waals surface area (Å²) in [4.78, 5) is 0. The fourth-order valence-electron chi connectivity index (χ4n) is 1.60. The van der Waals surface area contributed by atoms with Crippen LogP contribution in [-0.2, 0) is 4.74 Å². The van der Waals surface area contributed by atoms with E-state index in [-0.39, 0.29) is 19.6 Å².